The van der Waals surface area contributed by atoms with E-state index in [1.54, 1.807) is 0 Å². The monoisotopic (exact) mass is 235 g/mol. The van der Waals surface area contributed by atoms with Crippen LogP contribution in [0.5, 0.6) is 0 Å². The van der Waals surface area contributed by atoms with Gasteiger partial charge in [0.15, 0.2) is 0 Å². The fraction of sp³-hybridized carbons (Fsp3) is 0.462. The predicted molar refractivity (Wildman–Crippen MR) is 70.9 cm³/mol. The molecule has 0 aliphatic rings. The fourth-order valence-corrected chi connectivity index (χ4v) is 1.54. The molecule has 0 saturated carbocycles. The van der Waals surface area contributed by atoms with Gasteiger partial charge in [-0.1, -0.05) is 12.1 Å². The number of nitrogens with zero attached hydrogens (tertiary/aromatic N) is 2. The van der Waals surface area contributed by atoms with Crippen molar-refractivity contribution in [1.82, 2.24) is 4.90 Å². The highest BCUT2D eigenvalue weighted by Gasteiger charge is 2.14. The van der Waals surface area contributed by atoms with E-state index in [1.165, 1.54) is 11.3 Å². The smallest absolute Gasteiger partial charge is 0.234 e. The number of carbonyl (C=O) groups excluding carboxylic acids is 1. The molecule has 0 fully saturated rings. The highest BCUT2D eigenvalue weighted by molar-refractivity contribution is 5.79. The zero-order chi connectivity index (χ0) is 13.0. The molecule has 0 bridgehead atoms. The molecule has 1 aromatic carbocycles. The number of primary amides is 1. The average Bonchev–Trinajstić information content (AvgIpc) is 2.28. The van der Waals surface area contributed by atoms with Gasteiger partial charge in [-0.05, 0) is 31.7 Å². The fourth-order valence-electron chi connectivity index (χ4n) is 1.54. The van der Waals surface area contributed by atoms with Gasteiger partial charge in [0, 0.05) is 26.3 Å². The van der Waals surface area contributed by atoms with Gasteiger partial charge in [0.1, 0.15) is 0 Å². The lowest BCUT2D eigenvalue weighted by Crippen LogP contribution is -2.39. The molecule has 1 aromatic rings. The van der Waals surface area contributed by atoms with Crippen LogP contribution in [0, 0.1) is 0 Å². The van der Waals surface area contributed by atoms with Gasteiger partial charge >= 0.3 is 0 Å². The van der Waals surface area contributed by atoms with Crippen LogP contribution in [0.15, 0.2) is 24.3 Å². The van der Waals surface area contributed by atoms with Crippen molar-refractivity contribution in [3.63, 3.8) is 0 Å². The molecule has 1 amide bonds. The Labute approximate surface area is 103 Å². The molecular weight excluding hydrogens is 214 g/mol. The summed E-state index contributed by atoms with van der Waals surface area (Å²) in [5.74, 6) is -0.294. The third kappa shape index (κ3) is 3.75. The third-order valence-corrected chi connectivity index (χ3v) is 2.96. The summed E-state index contributed by atoms with van der Waals surface area (Å²) < 4.78 is 0. The predicted octanol–water partition coefficient (Wildman–Crippen LogP) is 1.06. The summed E-state index contributed by atoms with van der Waals surface area (Å²) in [4.78, 5) is 15.0. The van der Waals surface area contributed by atoms with Gasteiger partial charge in [-0.2, -0.15) is 0 Å². The largest absolute Gasteiger partial charge is 0.378 e. The van der Waals surface area contributed by atoms with Crippen molar-refractivity contribution in [2.45, 2.75) is 19.5 Å². The second-order valence-corrected chi connectivity index (χ2v) is 4.55. The van der Waals surface area contributed by atoms with E-state index < -0.39 is 0 Å². The van der Waals surface area contributed by atoms with E-state index in [9.17, 15) is 4.79 Å². The van der Waals surface area contributed by atoms with Crippen molar-refractivity contribution in [2.75, 3.05) is 26.0 Å². The van der Waals surface area contributed by atoms with Crippen LogP contribution in [-0.4, -0.2) is 38.0 Å². The lowest BCUT2D eigenvalue weighted by atomic mass is 10.1. The second kappa shape index (κ2) is 5.68. The van der Waals surface area contributed by atoms with E-state index in [0.717, 1.165) is 6.54 Å². The van der Waals surface area contributed by atoms with Crippen LogP contribution >= 0.6 is 0 Å². The molecule has 4 heteroatoms. The van der Waals surface area contributed by atoms with Crippen LogP contribution in [-0.2, 0) is 11.3 Å². The van der Waals surface area contributed by atoms with Crippen LogP contribution in [0.4, 0.5) is 5.69 Å². The number of carbonyl (C=O) groups is 1. The first-order chi connectivity index (χ1) is 7.91. The number of anilines is 1. The molecule has 2 N–H and O–H groups in total. The van der Waals surface area contributed by atoms with Crippen molar-refractivity contribution >= 4 is 11.6 Å². The van der Waals surface area contributed by atoms with Gasteiger partial charge in [-0.25, -0.2) is 0 Å². The molecule has 94 valence electrons. The Hall–Kier alpha value is -1.55. The van der Waals surface area contributed by atoms with Crippen LogP contribution < -0.4 is 10.6 Å². The molecule has 0 aliphatic carbocycles. The van der Waals surface area contributed by atoms with E-state index >= 15 is 0 Å². The van der Waals surface area contributed by atoms with Crippen LogP contribution in [0.25, 0.3) is 0 Å². The molecule has 0 saturated heterocycles. The van der Waals surface area contributed by atoms with E-state index in [4.69, 9.17) is 5.73 Å². The van der Waals surface area contributed by atoms with Crippen molar-refractivity contribution in [2.24, 2.45) is 5.73 Å². The minimum Gasteiger partial charge on any atom is -0.378 e. The molecule has 0 aliphatic heterocycles. The summed E-state index contributed by atoms with van der Waals surface area (Å²) in [6, 6.07) is 8.03. The van der Waals surface area contributed by atoms with E-state index in [-0.39, 0.29) is 11.9 Å². The Morgan fingerprint density at radius 1 is 1.24 bits per heavy atom. The molecule has 17 heavy (non-hydrogen) atoms. The maximum Gasteiger partial charge on any atom is 0.234 e. The number of hydrogen-bond acceptors (Lipinski definition) is 3. The molecule has 1 rings (SSSR count). The maximum absolute atomic E-state index is 11.0. The molecule has 0 aromatic heterocycles. The summed E-state index contributed by atoms with van der Waals surface area (Å²) >= 11 is 0. The van der Waals surface area contributed by atoms with Crippen molar-refractivity contribution in [3.8, 4) is 0 Å². The zero-order valence-corrected chi connectivity index (χ0v) is 11.0. The summed E-state index contributed by atoms with van der Waals surface area (Å²) in [5.41, 5.74) is 7.61. The van der Waals surface area contributed by atoms with Crippen molar-refractivity contribution < 1.29 is 4.79 Å². The Balaban J connectivity index is 2.66. The first-order valence-corrected chi connectivity index (χ1v) is 5.67. The van der Waals surface area contributed by atoms with Gasteiger partial charge in [-0.3, -0.25) is 9.69 Å². The van der Waals surface area contributed by atoms with Crippen LogP contribution in [0.1, 0.15) is 12.5 Å². The van der Waals surface area contributed by atoms with Gasteiger partial charge in [-0.15, -0.1) is 0 Å². The number of likely N-dealkylation sites (N-methyl/N-ethyl adjacent to an activating group) is 1. The number of benzene rings is 1. The quantitative estimate of drug-likeness (QED) is 0.830. The standard InChI is InChI=1S/C13H21N3O/c1-10(13(14)17)16(4)9-11-5-7-12(8-6-11)15(2)3/h5-8,10H,9H2,1-4H3,(H2,14,17)/t10-/m0/s1. The molecule has 0 unspecified atom stereocenters. The second-order valence-electron chi connectivity index (χ2n) is 4.55. The molecule has 0 radical (unpaired) electrons. The topological polar surface area (TPSA) is 49.6 Å². The lowest BCUT2D eigenvalue weighted by molar-refractivity contribution is -0.122. The Bertz CT molecular complexity index is 373. The molecule has 0 spiro atoms. The zero-order valence-electron chi connectivity index (χ0n) is 11.0. The molecule has 4 nitrogen and oxygen atoms in total. The van der Waals surface area contributed by atoms with Crippen LogP contribution in [0.3, 0.4) is 0 Å². The average molecular weight is 235 g/mol. The van der Waals surface area contributed by atoms with E-state index in [1.807, 2.05) is 33.0 Å². The number of hydrogen-bond donors (Lipinski definition) is 1. The summed E-state index contributed by atoms with van der Waals surface area (Å²) in [5, 5.41) is 0. The summed E-state index contributed by atoms with van der Waals surface area (Å²) in [6.45, 7) is 2.54. The Morgan fingerprint density at radius 3 is 2.18 bits per heavy atom. The van der Waals surface area contributed by atoms with Crippen LogP contribution in [0.2, 0.25) is 0 Å². The third-order valence-electron chi connectivity index (χ3n) is 2.96. The van der Waals surface area contributed by atoms with Gasteiger partial charge in [0.05, 0.1) is 6.04 Å². The Morgan fingerprint density at radius 2 is 1.76 bits per heavy atom. The number of nitrogens with two attached hydrogens (primary N) is 1. The normalized spacial score (nSPS) is 12.5. The molecular formula is C13H21N3O. The van der Waals surface area contributed by atoms with E-state index in [2.05, 4.69) is 29.2 Å². The Kier molecular flexibility index (Phi) is 4.52. The first kappa shape index (κ1) is 13.5. The first-order valence-electron chi connectivity index (χ1n) is 5.67. The van der Waals surface area contributed by atoms with Gasteiger partial charge < -0.3 is 10.6 Å². The summed E-state index contributed by atoms with van der Waals surface area (Å²) in [7, 11) is 5.92. The summed E-state index contributed by atoms with van der Waals surface area (Å²) in [6.07, 6.45) is 0. The van der Waals surface area contributed by atoms with E-state index in [0.29, 0.717) is 0 Å². The highest BCUT2D eigenvalue weighted by Crippen LogP contribution is 2.14. The minimum absolute atomic E-state index is 0.247. The van der Waals surface area contributed by atoms with Crippen molar-refractivity contribution in [1.29, 1.82) is 0 Å². The maximum atomic E-state index is 11.0. The van der Waals surface area contributed by atoms with Gasteiger partial charge in [0.25, 0.3) is 0 Å². The number of amides is 1. The van der Waals surface area contributed by atoms with Gasteiger partial charge in [0.2, 0.25) is 5.91 Å². The van der Waals surface area contributed by atoms with Crippen molar-refractivity contribution in [3.05, 3.63) is 29.8 Å². The molecule has 1 atom stereocenters. The highest BCUT2D eigenvalue weighted by atomic mass is 16.1. The SMILES string of the molecule is C[C@@H](C(N)=O)N(C)Cc1ccc(N(C)C)cc1. The lowest BCUT2D eigenvalue weighted by Gasteiger charge is -2.22. The number of rotatable bonds is 5. The molecule has 0 heterocycles. The minimum atomic E-state index is -0.294.